The van der Waals surface area contributed by atoms with E-state index in [1.54, 1.807) is 11.3 Å². The molecule has 2 aromatic heterocycles. The minimum absolute atomic E-state index is 0.136. The highest BCUT2D eigenvalue weighted by Gasteiger charge is 2.18. The van der Waals surface area contributed by atoms with Gasteiger partial charge in [-0.1, -0.05) is 24.3 Å². The third kappa shape index (κ3) is 4.54. The normalized spacial score (nSPS) is 12.1. The number of carbonyl (C=O) groups excluding carboxylic acids is 1. The van der Waals surface area contributed by atoms with Gasteiger partial charge in [-0.25, -0.2) is 4.98 Å². The number of rotatable bonds is 8. The van der Waals surface area contributed by atoms with Crippen LogP contribution in [0.15, 0.2) is 42.2 Å². The molecule has 0 N–H and O–H groups in total. The zero-order valence-electron chi connectivity index (χ0n) is 14.4. The highest BCUT2D eigenvalue weighted by molar-refractivity contribution is 7.09. The zero-order valence-corrected chi connectivity index (χ0v) is 15.2. The van der Waals surface area contributed by atoms with E-state index in [1.165, 1.54) is 16.0 Å². The molecule has 3 aromatic rings. The van der Waals surface area contributed by atoms with Gasteiger partial charge in [0.1, 0.15) is 0 Å². The summed E-state index contributed by atoms with van der Waals surface area (Å²) >= 11 is 1.62. The van der Waals surface area contributed by atoms with Crippen molar-refractivity contribution >= 4 is 17.8 Å². The van der Waals surface area contributed by atoms with Gasteiger partial charge in [-0.05, 0) is 37.0 Å². The Morgan fingerprint density at radius 3 is 2.60 bits per heavy atom. The fraction of sp³-hybridized carbons (Fsp3) is 0.316. The molecule has 1 unspecified atom stereocenters. The van der Waals surface area contributed by atoms with Crippen LogP contribution in [0.1, 0.15) is 33.2 Å². The average molecular weight is 355 g/mol. The molecule has 1 aromatic carbocycles. The first-order valence-corrected chi connectivity index (χ1v) is 9.05. The minimum atomic E-state index is 0.136. The molecule has 0 aliphatic heterocycles. The first-order valence-electron chi connectivity index (χ1n) is 8.18. The minimum Gasteiger partial charge on any atom is -0.467 e. The lowest BCUT2D eigenvalue weighted by molar-refractivity contribution is -0.129. The zero-order chi connectivity index (χ0) is 17.6. The maximum absolute atomic E-state index is 10.6. The molecule has 0 fully saturated rings. The van der Waals surface area contributed by atoms with Gasteiger partial charge in [0.05, 0.1) is 30.6 Å². The van der Waals surface area contributed by atoms with E-state index in [9.17, 15) is 4.79 Å². The van der Waals surface area contributed by atoms with E-state index in [4.69, 9.17) is 4.74 Å². The molecule has 130 valence electrons. The number of ether oxygens (including phenoxy) is 1. The van der Waals surface area contributed by atoms with Crippen LogP contribution >= 0.6 is 11.3 Å². The van der Waals surface area contributed by atoms with Crippen LogP contribution in [0.4, 0.5) is 0 Å². The second-order valence-corrected chi connectivity index (χ2v) is 7.05. The van der Waals surface area contributed by atoms with Gasteiger partial charge < -0.3 is 4.74 Å². The second-order valence-electron chi connectivity index (χ2n) is 6.16. The van der Waals surface area contributed by atoms with Crippen molar-refractivity contribution in [1.82, 2.24) is 14.8 Å². The maximum Gasteiger partial charge on any atom is 0.293 e. The Balaban J connectivity index is 1.69. The number of aromatic nitrogens is 3. The van der Waals surface area contributed by atoms with Gasteiger partial charge in [0.15, 0.2) is 0 Å². The van der Waals surface area contributed by atoms with Gasteiger partial charge in [-0.3, -0.25) is 9.48 Å². The molecular formula is C19H21N3O2S. The molecule has 0 aliphatic carbocycles. The lowest BCUT2D eigenvalue weighted by Gasteiger charge is -2.15. The third-order valence-corrected chi connectivity index (χ3v) is 5.22. The van der Waals surface area contributed by atoms with Gasteiger partial charge in [0.2, 0.25) is 0 Å². The van der Waals surface area contributed by atoms with Crippen LogP contribution in [0.3, 0.4) is 0 Å². The predicted molar refractivity (Wildman–Crippen MR) is 97.8 cm³/mol. The van der Waals surface area contributed by atoms with Crippen LogP contribution < -0.4 is 0 Å². The number of hydrogen-bond donors (Lipinski definition) is 0. The molecule has 5 nitrogen and oxygen atoms in total. The Bertz CT molecular complexity index is 823. The highest BCUT2D eigenvalue weighted by Crippen LogP contribution is 2.27. The van der Waals surface area contributed by atoms with E-state index in [-0.39, 0.29) is 5.92 Å². The topological polar surface area (TPSA) is 57.0 Å². The molecule has 0 amide bonds. The first-order chi connectivity index (χ1) is 12.2. The molecule has 6 heteroatoms. The van der Waals surface area contributed by atoms with E-state index in [1.807, 2.05) is 36.4 Å². The Morgan fingerprint density at radius 1 is 1.24 bits per heavy atom. The van der Waals surface area contributed by atoms with Crippen LogP contribution in [0.5, 0.6) is 0 Å². The summed E-state index contributed by atoms with van der Waals surface area (Å²) in [5.74, 6) is 0.136. The molecule has 0 radical (unpaired) electrons. The summed E-state index contributed by atoms with van der Waals surface area (Å²) in [7, 11) is 0. The number of benzene rings is 1. The Kier molecular flexibility index (Phi) is 5.60. The van der Waals surface area contributed by atoms with Gasteiger partial charge in [0.25, 0.3) is 6.47 Å². The molecule has 25 heavy (non-hydrogen) atoms. The van der Waals surface area contributed by atoms with Gasteiger partial charge >= 0.3 is 0 Å². The maximum atomic E-state index is 10.6. The number of nitrogens with zero attached hydrogens (tertiary/aromatic N) is 3. The van der Waals surface area contributed by atoms with Crippen LogP contribution in [0.2, 0.25) is 0 Å². The van der Waals surface area contributed by atoms with Crippen LogP contribution in [-0.2, 0) is 22.5 Å². The molecule has 0 spiro atoms. The molecule has 1 atom stereocenters. The van der Waals surface area contributed by atoms with Gasteiger partial charge in [0, 0.05) is 17.0 Å². The lowest BCUT2D eigenvalue weighted by atomic mass is 9.97. The molecule has 0 aliphatic rings. The van der Waals surface area contributed by atoms with Crippen molar-refractivity contribution in [2.24, 2.45) is 0 Å². The summed E-state index contributed by atoms with van der Waals surface area (Å²) in [6, 6.07) is 8.53. The molecule has 0 saturated heterocycles. The number of thiazole rings is 1. The highest BCUT2D eigenvalue weighted by atomic mass is 32.1. The third-order valence-electron chi connectivity index (χ3n) is 4.13. The summed E-state index contributed by atoms with van der Waals surface area (Å²) in [5, 5.41) is 4.32. The largest absolute Gasteiger partial charge is 0.467 e. The summed E-state index contributed by atoms with van der Waals surface area (Å²) in [4.78, 5) is 16.1. The lowest BCUT2D eigenvalue weighted by Crippen LogP contribution is -2.10. The van der Waals surface area contributed by atoms with E-state index >= 15 is 0 Å². The fourth-order valence-corrected chi connectivity index (χ4v) is 3.78. The summed E-state index contributed by atoms with van der Waals surface area (Å²) in [6.07, 6.45) is 4.72. The van der Waals surface area contributed by atoms with E-state index in [2.05, 4.69) is 34.3 Å². The summed E-state index contributed by atoms with van der Waals surface area (Å²) in [6.45, 7) is 5.68. The van der Waals surface area contributed by atoms with Gasteiger partial charge in [-0.2, -0.15) is 5.10 Å². The average Bonchev–Trinajstić information content (AvgIpc) is 3.21. The quantitative estimate of drug-likeness (QED) is 0.580. The summed E-state index contributed by atoms with van der Waals surface area (Å²) in [5.41, 5.74) is 6.44. The summed E-state index contributed by atoms with van der Waals surface area (Å²) < 4.78 is 6.97. The number of carbonyl (C=O) groups is 1. The van der Waals surface area contributed by atoms with Gasteiger partial charge in [-0.15, -0.1) is 11.3 Å². The van der Waals surface area contributed by atoms with Crippen molar-refractivity contribution in [1.29, 1.82) is 0 Å². The van der Waals surface area contributed by atoms with Crippen molar-refractivity contribution in [3.05, 3.63) is 69.4 Å². The molecular weight excluding hydrogens is 334 g/mol. The van der Waals surface area contributed by atoms with E-state index in [0.717, 1.165) is 24.2 Å². The number of hydrogen-bond acceptors (Lipinski definition) is 5. The monoisotopic (exact) mass is 355 g/mol. The van der Waals surface area contributed by atoms with Crippen molar-refractivity contribution < 1.29 is 9.53 Å². The number of aryl methyl sites for hydroxylation is 2. The molecule has 3 rings (SSSR count). The van der Waals surface area contributed by atoms with Crippen molar-refractivity contribution in [2.45, 2.75) is 32.7 Å². The molecule has 0 bridgehead atoms. The Morgan fingerprint density at radius 2 is 2.00 bits per heavy atom. The van der Waals surface area contributed by atoms with Crippen LogP contribution in [-0.4, -0.2) is 27.8 Å². The predicted octanol–water partition coefficient (Wildman–Crippen LogP) is 3.50. The fourth-order valence-electron chi connectivity index (χ4n) is 2.89. The van der Waals surface area contributed by atoms with Crippen molar-refractivity contribution in [3.8, 4) is 0 Å². The second kappa shape index (κ2) is 8.07. The Labute approximate surface area is 151 Å². The van der Waals surface area contributed by atoms with Crippen LogP contribution in [0, 0.1) is 13.8 Å². The SMILES string of the molecule is Cc1cnn(Cc2ccc(CC(COC=O)c3scnc3C)cc2)c1. The van der Waals surface area contributed by atoms with E-state index in [0.29, 0.717) is 13.1 Å². The standard InChI is InChI=1S/C19H21N3O2S/c1-14-8-21-22(9-14)10-17-5-3-16(4-6-17)7-18(11-24-13-23)19-15(2)20-12-25-19/h3-6,8-9,12-13,18H,7,10-11H2,1-2H3. The first kappa shape index (κ1) is 17.4. The Hall–Kier alpha value is -2.47. The molecule has 2 heterocycles. The smallest absolute Gasteiger partial charge is 0.293 e. The van der Waals surface area contributed by atoms with E-state index < -0.39 is 0 Å². The van der Waals surface area contributed by atoms with Crippen molar-refractivity contribution in [2.75, 3.05) is 6.61 Å². The van der Waals surface area contributed by atoms with Crippen LogP contribution in [0.25, 0.3) is 0 Å². The van der Waals surface area contributed by atoms with Crippen molar-refractivity contribution in [3.63, 3.8) is 0 Å². The molecule has 0 saturated carbocycles.